The molecule has 1 amide bonds. The highest BCUT2D eigenvalue weighted by Gasteiger charge is 2.33. The molecule has 1 saturated carbocycles. The Labute approximate surface area is 154 Å². The standard InChI is InChI=1S/C22H24N2O2/c1-17-5-7-18(8-6-17)19-9-11-20(12-10-19)26-15-21(25)24-22(16-23)13-3-2-4-14-22/h5-12H,2-4,13-15H2,1H3,(H,24,25). The van der Waals surface area contributed by atoms with Crippen LogP contribution in [0.25, 0.3) is 11.1 Å². The molecule has 0 spiro atoms. The Morgan fingerprint density at radius 2 is 1.62 bits per heavy atom. The van der Waals surface area contributed by atoms with E-state index < -0.39 is 5.54 Å². The average Bonchev–Trinajstić information content (AvgIpc) is 2.68. The number of hydrogen-bond acceptors (Lipinski definition) is 3. The lowest BCUT2D eigenvalue weighted by Crippen LogP contribution is -2.50. The molecule has 0 saturated heterocycles. The first-order chi connectivity index (χ1) is 12.6. The Hall–Kier alpha value is -2.80. The van der Waals surface area contributed by atoms with Gasteiger partial charge in [0.1, 0.15) is 11.3 Å². The van der Waals surface area contributed by atoms with Crippen molar-refractivity contribution < 1.29 is 9.53 Å². The summed E-state index contributed by atoms with van der Waals surface area (Å²) in [5.74, 6) is 0.404. The summed E-state index contributed by atoms with van der Waals surface area (Å²) in [6.45, 7) is 1.99. The minimum Gasteiger partial charge on any atom is -0.484 e. The third-order valence-electron chi connectivity index (χ3n) is 4.91. The number of amides is 1. The molecule has 1 fully saturated rings. The van der Waals surface area contributed by atoms with E-state index in [1.807, 2.05) is 24.3 Å². The zero-order valence-electron chi connectivity index (χ0n) is 15.1. The van der Waals surface area contributed by atoms with Crippen LogP contribution in [0.4, 0.5) is 0 Å². The third kappa shape index (κ3) is 4.43. The van der Waals surface area contributed by atoms with Crippen molar-refractivity contribution in [3.63, 3.8) is 0 Å². The maximum atomic E-state index is 12.2. The van der Waals surface area contributed by atoms with Crippen LogP contribution in [-0.2, 0) is 4.79 Å². The van der Waals surface area contributed by atoms with Gasteiger partial charge in [-0.2, -0.15) is 5.26 Å². The quantitative estimate of drug-likeness (QED) is 0.872. The summed E-state index contributed by atoms with van der Waals surface area (Å²) in [7, 11) is 0. The maximum absolute atomic E-state index is 12.2. The van der Waals surface area contributed by atoms with Gasteiger partial charge in [0.2, 0.25) is 0 Å². The van der Waals surface area contributed by atoms with Crippen LogP contribution in [0.1, 0.15) is 37.7 Å². The van der Waals surface area contributed by atoms with E-state index in [9.17, 15) is 10.1 Å². The van der Waals surface area contributed by atoms with Gasteiger partial charge in [0.05, 0.1) is 6.07 Å². The van der Waals surface area contributed by atoms with Crippen LogP contribution in [0.15, 0.2) is 48.5 Å². The van der Waals surface area contributed by atoms with Gasteiger partial charge in [-0.25, -0.2) is 0 Å². The van der Waals surface area contributed by atoms with Crippen molar-refractivity contribution in [3.05, 3.63) is 54.1 Å². The van der Waals surface area contributed by atoms with Crippen LogP contribution in [-0.4, -0.2) is 18.1 Å². The number of hydrogen-bond donors (Lipinski definition) is 1. The Balaban J connectivity index is 1.55. The minimum atomic E-state index is -0.714. The zero-order valence-corrected chi connectivity index (χ0v) is 15.1. The summed E-state index contributed by atoms with van der Waals surface area (Å²) in [6.07, 6.45) is 4.54. The molecular formula is C22H24N2O2. The highest BCUT2D eigenvalue weighted by Crippen LogP contribution is 2.27. The zero-order chi connectivity index (χ0) is 18.4. The SMILES string of the molecule is Cc1ccc(-c2ccc(OCC(=O)NC3(C#N)CCCCC3)cc2)cc1. The molecule has 3 rings (SSSR count). The summed E-state index contributed by atoms with van der Waals surface area (Å²) in [5, 5.41) is 12.3. The molecule has 4 nitrogen and oxygen atoms in total. The molecule has 4 heteroatoms. The summed E-state index contributed by atoms with van der Waals surface area (Å²) >= 11 is 0. The summed E-state index contributed by atoms with van der Waals surface area (Å²) < 4.78 is 5.59. The Bertz CT molecular complexity index is 782. The number of rotatable bonds is 5. The molecule has 1 aliphatic rings. The van der Waals surface area contributed by atoms with Gasteiger partial charge in [-0.05, 0) is 43.0 Å². The number of aryl methyl sites for hydroxylation is 1. The van der Waals surface area contributed by atoms with E-state index in [2.05, 4.69) is 42.6 Å². The molecule has 0 aliphatic heterocycles. The third-order valence-corrected chi connectivity index (χ3v) is 4.91. The van der Waals surface area contributed by atoms with E-state index >= 15 is 0 Å². The first-order valence-electron chi connectivity index (χ1n) is 9.12. The smallest absolute Gasteiger partial charge is 0.259 e. The van der Waals surface area contributed by atoms with Crippen LogP contribution in [0.5, 0.6) is 5.75 Å². The highest BCUT2D eigenvalue weighted by molar-refractivity contribution is 5.79. The molecule has 0 unspecified atom stereocenters. The lowest BCUT2D eigenvalue weighted by atomic mass is 9.83. The van der Waals surface area contributed by atoms with E-state index in [1.165, 1.54) is 5.56 Å². The monoisotopic (exact) mass is 348 g/mol. The molecule has 0 aromatic heterocycles. The van der Waals surface area contributed by atoms with Crippen LogP contribution >= 0.6 is 0 Å². The number of carbonyl (C=O) groups is 1. The lowest BCUT2D eigenvalue weighted by molar-refractivity contribution is -0.124. The predicted octanol–water partition coefficient (Wildman–Crippen LogP) is 4.38. The second-order valence-corrected chi connectivity index (χ2v) is 6.98. The first-order valence-corrected chi connectivity index (χ1v) is 9.12. The number of nitriles is 1. The van der Waals surface area contributed by atoms with Gasteiger partial charge in [0.25, 0.3) is 5.91 Å². The van der Waals surface area contributed by atoms with Crippen LogP contribution in [0.3, 0.4) is 0 Å². The fourth-order valence-electron chi connectivity index (χ4n) is 3.36. The van der Waals surface area contributed by atoms with Crippen molar-refractivity contribution in [2.75, 3.05) is 6.61 Å². The van der Waals surface area contributed by atoms with Crippen LogP contribution in [0, 0.1) is 18.3 Å². The van der Waals surface area contributed by atoms with E-state index in [0.29, 0.717) is 5.75 Å². The van der Waals surface area contributed by atoms with Crippen molar-refractivity contribution >= 4 is 5.91 Å². The average molecular weight is 348 g/mol. The molecule has 26 heavy (non-hydrogen) atoms. The van der Waals surface area contributed by atoms with Crippen LogP contribution < -0.4 is 10.1 Å². The van der Waals surface area contributed by atoms with Gasteiger partial charge in [-0.3, -0.25) is 4.79 Å². The Morgan fingerprint density at radius 1 is 1.04 bits per heavy atom. The molecule has 0 bridgehead atoms. The molecule has 0 radical (unpaired) electrons. The van der Waals surface area contributed by atoms with E-state index in [1.54, 1.807) is 0 Å². The lowest BCUT2D eigenvalue weighted by Gasteiger charge is -2.31. The molecule has 0 heterocycles. The van der Waals surface area contributed by atoms with Gasteiger partial charge < -0.3 is 10.1 Å². The number of carbonyl (C=O) groups excluding carboxylic acids is 1. The van der Waals surface area contributed by atoms with E-state index in [0.717, 1.165) is 43.2 Å². The van der Waals surface area contributed by atoms with Gasteiger partial charge in [0, 0.05) is 0 Å². The second kappa shape index (κ2) is 8.05. The summed E-state index contributed by atoms with van der Waals surface area (Å²) in [5.41, 5.74) is 2.77. The molecule has 2 aromatic rings. The topological polar surface area (TPSA) is 62.1 Å². The van der Waals surface area contributed by atoms with E-state index in [-0.39, 0.29) is 12.5 Å². The van der Waals surface area contributed by atoms with Crippen molar-refractivity contribution in [2.45, 2.75) is 44.6 Å². The molecular weight excluding hydrogens is 324 g/mol. The number of ether oxygens (including phenoxy) is 1. The number of benzene rings is 2. The van der Waals surface area contributed by atoms with Crippen molar-refractivity contribution in [1.82, 2.24) is 5.32 Å². The molecule has 134 valence electrons. The van der Waals surface area contributed by atoms with Crippen molar-refractivity contribution in [2.24, 2.45) is 0 Å². The summed E-state index contributed by atoms with van der Waals surface area (Å²) in [6, 6.07) is 18.3. The van der Waals surface area contributed by atoms with Crippen LogP contribution in [0.2, 0.25) is 0 Å². The van der Waals surface area contributed by atoms with Crippen molar-refractivity contribution in [1.29, 1.82) is 5.26 Å². The predicted molar refractivity (Wildman–Crippen MR) is 102 cm³/mol. The molecule has 0 atom stereocenters. The Morgan fingerprint density at radius 3 is 2.19 bits per heavy atom. The highest BCUT2D eigenvalue weighted by atomic mass is 16.5. The number of nitrogens with one attached hydrogen (secondary N) is 1. The van der Waals surface area contributed by atoms with Gasteiger partial charge in [0.15, 0.2) is 6.61 Å². The van der Waals surface area contributed by atoms with Gasteiger partial charge >= 0.3 is 0 Å². The van der Waals surface area contributed by atoms with Crippen molar-refractivity contribution in [3.8, 4) is 22.9 Å². The molecule has 1 N–H and O–H groups in total. The largest absolute Gasteiger partial charge is 0.484 e. The fraction of sp³-hybridized carbons (Fsp3) is 0.364. The first kappa shape index (κ1) is 18.0. The summed E-state index contributed by atoms with van der Waals surface area (Å²) in [4.78, 5) is 12.2. The maximum Gasteiger partial charge on any atom is 0.259 e. The fourth-order valence-corrected chi connectivity index (χ4v) is 3.36. The minimum absolute atomic E-state index is 0.0761. The van der Waals surface area contributed by atoms with E-state index in [4.69, 9.17) is 4.74 Å². The second-order valence-electron chi connectivity index (χ2n) is 6.98. The van der Waals surface area contributed by atoms with Gasteiger partial charge in [-0.15, -0.1) is 0 Å². The molecule has 1 aliphatic carbocycles. The van der Waals surface area contributed by atoms with Gasteiger partial charge in [-0.1, -0.05) is 61.2 Å². The Kier molecular flexibility index (Phi) is 5.58. The molecule has 2 aromatic carbocycles. The normalized spacial score (nSPS) is 15.7. The number of nitrogens with zero attached hydrogens (tertiary/aromatic N) is 1.